The van der Waals surface area contributed by atoms with E-state index in [4.69, 9.17) is 17.3 Å². The highest BCUT2D eigenvalue weighted by molar-refractivity contribution is 6.31. The van der Waals surface area contributed by atoms with Crippen LogP contribution in [0.2, 0.25) is 5.02 Å². The third-order valence-corrected chi connectivity index (χ3v) is 4.24. The Morgan fingerprint density at radius 3 is 2.26 bits per heavy atom. The van der Waals surface area contributed by atoms with Gasteiger partial charge in [0, 0.05) is 10.6 Å². The molecular formula is C15H23ClN2O. The van der Waals surface area contributed by atoms with Gasteiger partial charge in [0.15, 0.2) is 0 Å². The number of amides is 1. The first-order valence-electron chi connectivity index (χ1n) is 6.41. The van der Waals surface area contributed by atoms with E-state index in [-0.39, 0.29) is 11.9 Å². The Kier molecular flexibility index (Phi) is 4.64. The average molecular weight is 283 g/mol. The van der Waals surface area contributed by atoms with Gasteiger partial charge >= 0.3 is 0 Å². The third-order valence-electron chi connectivity index (χ3n) is 3.90. The highest BCUT2D eigenvalue weighted by Gasteiger charge is 2.40. The molecule has 0 bridgehead atoms. The van der Waals surface area contributed by atoms with Crippen LogP contribution in [0.15, 0.2) is 24.3 Å². The Hall–Kier alpha value is -1.06. The standard InChI is InChI=1S/C15H23ClN2O/c1-10(11-8-6-7-9-12(11)16)18-13(19)14(2,3)15(4,5)17/h6-10H,17H2,1-5H3,(H,18,19)/t10-/m0/s1. The molecule has 3 nitrogen and oxygen atoms in total. The van der Waals surface area contributed by atoms with E-state index >= 15 is 0 Å². The summed E-state index contributed by atoms with van der Waals surface area (Å²) in [5.74, 6) is -0.0765. The van der Waals surface area contributed by atoms with Crippen molar-refractivity contribution in [3.05, 3.63) is 34.9 Å². The Balaban J connectivity index is 2.87. The summed E-state index contributed by atoms with van der Waals surface area (Å²) in [6.45, 7) is 9.32. The van der Waals surface area contributed by atoms with E-state index in [1.54, 1.807) is 0 Å². The van der Waals surface area contributed by atoms with Crippen LogP contribution >= 0.6 is 11.6 Å². The molecule has 3 N–H and O–H groups in total. The number of carbonyl (C=O) groups excluding carboxylic acids is 1. The molecule has 0 aliphatic rings. The molecule has 0 aromatic heterocycles. The van der Waals surface area contributed by atoms with Crippen molar-refractivity contribution in [2.24, 2.45) is 11.1 Å². The summed E-state index contributed by atoms with van der Waals surface area (Å²) in [7, 11) is 0. The van der Waals surface area contributed by atoms with Gasteiger partial charge in [0.2, 0.25) is 5.91 Å². The maximum Gasteiger partial charge on any atom is 0.227 e. The molecule has 1 amide bonds. The summed E-state index contributed by atoms with van der Waals surface area (Å²) in [6, 6.07) is 7.35. The second kappa shape index (κ2) is 5.51. The lowest BCUT2D eigenvalue weighted by Gasteiger charge is -2.37. The van der Waals surface area contributed by atoms with Crippen LogP contribution in [0.3, 0.4) is 0 Å². The number of hydrogen-bond acceptors (Lipinski definition) is 2. The fourth-order valence-electron chi connectivity index (χ4n) is 1.57. The summed E-state index contributed by atoms with van der Waals surface area (Å²) in [5.41, 5.74) is 5.71. The van der Waals surface area contributed by atoms with Gasteiger partial charge in [0.25, 0.3) is 0 Å². The Labute approximate surface area is 120 Å². The molecule has 0 heterocycles. The molecule has 0 saturated heterocycles. The predicted octanol–water partition coefficient (Wildman–Crippen LogP) is 3.28. The fourth-order valence-corrected chi connectivity index (χ4v) is 1.87. The number of halogens is 1. The van der Waals surface area contributed by atoms with Crippen molar-refractivity contribution in [1.29, 1.82) is 0 Å². The van der Waals surface area contributed by atoms with Crippen molar-refractivity contribution >= 4 is 17.5 Å². The zero-order valence-electron chi connectivity index (χ0n) is 12.3. The van der Waals surface area contributed by atoms with Gasteiger partial charge in [0.05, 0.1) is 11.5 Å². The molecule has 0 spiro atoms. The highest BCUT2D eigenvalue weighted by atomic mass is 35.5. The Morgan fingerprint density at radius 1 is 1.26 bits per heavy atom. The summed E-state index contributed by atoms with van der Waals surface area (Å²) in [4.78, 5) is 12.4. The van der Waals surface area contributed by atoms with Crippen LogP contribution in [0.1, 0.15) is 46.2 Å². The highest BCUT2D eigenvalue weighted by Crippen LogP contribution is 2.30. The van der Waals surface area contributed by atoms with E-state index in [0.29, 0.717) is 5.02 Å². The second-order valence-electron chi connectivity index (χ2n) is 6.06. The molecule has 0 saturated carbocycles. The van der Waals surface area contributed by atoms with E-state index < -0.39 is 11.0 Å². The SMILES string of the molecule is C[C@H](NC(=O)C(C)(C)C(C)(C)N)c1ccccc1Cl. The van der Waals surface area contributed by atoms with Crippen molar-refractivity contribution < 1.29 is 4.79 Å². The number of carbonyl (C=O) groups is 1. The molecule has 1 rings (SSSR count). The molecule has 1 aromatic carbocycles. The van der Waals surface area contributed by atoms with Gasteiger partial charge in [-0.2, -0.15) is 0 Å². The minimum atomic E-state index is -0.664. The lowest BCUT2D eigenvalue weighted by atomic mass is 9.74. The third kappa shape index (κ3) is 3.48. The minimum absolute atomic E-state index is 0.0765. The number of rotatable bonds is 4. The van der Waals surface area contributed by atoms with E-state index in [1.165, 1.54) is 0 Å². The minimum Gasteiger partial charge on any atom is -0.349 e. The molecule has 1 aromatic rings. The smallest absolute Gasteiger partial charge is 0.227 e. The van der Waals surface area contributed by atoms with Crippen LogP contribution in [0.4, 0.5) is 0 Å². The molecule has 0 radical (unpaired) electrons. The molecule has 1 atom stereocenters. The lowest BCUT2D eigenvalue weighted by Crippen LogP contribution is -2.55. The number of nitrogens with one attached hydrogen (secondary N) is 1. The molecule has 106 valence electrons. The molecule has 4 heteroatoms. The lowest BCUT2D eigenvalue weighted by molar-refractivity contribution is -0.132. The first kappa shape index (κ1) is 16.0. The van der Waals surface area contributed by atoms with Crippen molar-refractivity contribution in [2.45, 2.75) is 46.2 Å². The monoisotopic (exact) mass is 282 g/mol. The first-order chi connectivity index (χ1) is 8.57. The zero-order chi connectivity index (χ0) is 14.8. The van der Waals surface area contributed by atoms with E-state index in [9.17, 15) is 4.79 Å². The van der Waals surface area contributed by atoms with Crippen LogP contribution in [-0.2, 0) is 4.79 Å². The maximum atomic E-state index is 12.4. The molecular weight excluding hydrogens is 260 g/mol. The summed E-state index contributed by atoms with van der Waals surface area (Å²) >= 11 is 6.13. The fraction of sp³-hybridized carbons (Fsp3) is 0.533. The van der Waals surface area contributed by atoms with Crippen LogP contribution in [0, 0.1) is 5.41 Å². The van der Waals surface area contributed by atoms with Gasteiger partial charge < -0.3 is 11.1 Å². The van der Waals surface area contributed by atoms with Crippen molar-refractivity contribution in [2.75, 3.05) is 0 Å². The van der Waals surface area contributed by atoms with E-state index in [2.05, 4.69) is 5.32 Å². The molecule has 0 unspecified atom stereocenters. The van der Waals surface area contributed by atoms with Gasteiger partial charge in [-0.15, -0.1) is 0 Å². The zero-order valence-corrected chi connectivity index (χ0v) is 13.0. The number of nitrogens with two attached hydrogens (primary N) is 1. The number of hydrogen-bond donors (Lipinski definition) is 2. The van der Waals surface area contributed by atoms with E-state index in [1.807, 2.05) is 58.9 Å². The average Bonchev–Trinajstić information content (AvgIpc) is 2.27. The van der Waals surface area contributed by atoms with Crippen molar-refractivity contribution in [3.63, 3.8) is 0 Å². The molecule has 0 aliphatic heterocycles. The topological polar surface area (TPSA) is 55.1 Å². The van der Waals surface area contributed by atoms with Crippen molar-refractivity contribution in [1.82, 2.24) is 5.32 Å². The summed E-state index contributed by atoms with van der Waals surface area (Å²) < 4.78 is 0. The molecule has 19 heavy (non-hydrogen) atoms. The summed E-state index contributed by atoms with van der Waals surface area (Å²) in [5, 5.41) is 3.63. The number of benzene rings is 1. The Bertz CT molecular complexity index is 463. The van der Waals surface area contributed by atoms with Gasteiger partial charge in [0.1, 0.15) is 0 Å². The van der Waals surface area contributed by atoms with Crippen LogP contribution in [0.25, 0.3) is 0 Å². The van der Waals surface area contributed by atoms with Gasteiger partial charge in [-0.1, -0.05) is 29.8 Å². The van der Waals surface area contributed by atoms with Crippen molar-refractivity contribution in [3.8, 4) is 0 Å². The van der Waals surface area contributed by atoms with Gasteiger partial charge in [-0.3, -0.25) is 4.79 Å². The molecule has 0 aliphatic carbocycles. The van der Waals surface area contributed by atoms with Gasteiger partial charge in [-0.25, -0.2) is 0 Å². The Morgan fingerprint density at radius 2 is 1.79 bits per heavy atom. The van der Waals surface area contributed by atoms with Crippen LogP contribution in [-0.4, -0.2) is 11.4 Å². The molecule has 0 fully saturated rings. The predicted molar refractivity (Wildman–Crippen MR) is 80.1 cm³/mol. The van der Waals surface area contributed by atoms with Crippen LogP contribution in [0.5, 0.6) is 0 Å². The summed E-state index contributed by atoms with van der Waals surface area (Å²) in [6.07, 6.45) is 0. The maximum absolute atomic E-state index is 12.4. The quantitative estimate of drug-likeness (QED) is 0.890. The van der Waals surface area contributed by atoms with Gasteiger partial charge in [-0.05, 0) is 46.2 Å². The van der Waals surface area contributed by atoms with E-state index in [0.717, 1.165) is 5.56 Å². The largest absolute Gasteiger partial charge is 0.349 e. The first-order valence-corrected chi connectivity index (χ1v) is 6.79. The second-order valence-corrected chi connectivity index (χ2v) is 6.47. The van der Waals surface area contributed by atoms with Crippen LogP contribution < -0.4 is 11.1 Å². The normalized spacial score (nSPS) is 14.1.